The van der Waals surface area contributed by atoms with Gasteiger partial charge in [0.25, 0.3) is 0 Å². The van der Waals surface area contributed by atoms with E-state index >= 15 is 0 Å². The predicted octanol–water partition coefficient (Wildman–Crippen LogP) is 2.51. The van der Waals surface area contributed by atoms with E-state index in [1.807, 2.05) is 0 Å². The Balaban J connectivity index is 1.87. The van der Waals surface area contributed by atoms with Crippen molar-refractivity contribution in [2.75, 3.05) is 39.4 Å². The van der Waals surface area contributed by atoms with Gasteiger partial charge in [-0.3, -0.25) is 4.90 Å². The molecule has 2 rings (SSSR count). The van der Waals surface area contributed by atoms with Crippen LogP contribution in [-0.4, -0.2) is 50.3 Å². The summed E-state index contributed by atoms with van der Waals surface area (Å²) in [6, 6.07) is 0.760. The van der Waals surface area contributed by atoms with Crippen LogP contribution in [0, 0.1) is 11.3 Å². The third-order valence-electron chi connectivity index (χ3n) is 4.72. The van der Waals surface area contributed by atoms with Gasteiger partial charge in [-0.05, 0) is 45.2 Å². The van der Waals surface area contributed by atoms with E-state index < -0.39 is 0 Å². The number of nitrogens with one attached hydrogen (secondary N) is 1. The Morgan fingerprint density at radius 2 is 2.21 bits per heavy atom. The summed E-state index contributed by atoms with van der Waals surface area (Å²) in [5.41, 5.74) is 0.362. The third-order valence-corrected chi connectivity index (χ3v) is 4.72. The second-order valence-electron chi connectivity index (χ2n) is 7.14. The highest BCUT2D eigenvalue weighted by molar-refractivity contribution is 4.90. The molecule has 3 heteroatoms. The molecule has 2 heterocycles. The van der Waals surface area contributed by atoms with Crippen molar-refractivity contribution in [2.24, 2.45) is 11.3 Å². The molecule has 0 aromatic rings. The lowest BCUT2D eigenvalue weighted by Gasteiger charge is -2.40. The van der Waals surface area contributed by atoms with Crippen LogP contribution >= 0.6 is 0 Å². The molecular formula is C16H32N2O. The predicted molar refractivity (Wildman–Crippen MR) is 80.5 cm³/mol. The summed E-state index contributed by atoms with van der Waals surface area (Å²) in [4.78, 5) is 2.70. The van der Waals surface area contributed by atoms with Crippen molar-refractivity contribution in [1.29, 1.82) is 0 Å². The van der Waals surface area contributed by atoms with Crippen LogP contribution in [0.2, 0.25) is 0 Å². The molecule has 0 saturated carbocycles. The molecule has 2 fully saturated rings. The van der Waals surface area contributed by atoms with Crippen molar-refractivity contribution >= 4 is 0 Å². The first kappa shape index (κ1) is 15.3. The zero-order chi connectivity index (χ0) is 13.7. The Kier molecular flexibility index (Phi) is 5.67. The minimum absolute atomic E-state index is 0.362. The van der Waals surface area contributed by atoms with Crippen LogP contribution in [-0.2, 0) is 4.74 Å². The van der Waals surface area contributed by atoms with Gasteiger partial charge in [0.1, 0.15) is 0 Å². The van der Waals surface area contributed by atoms with Gasteiger partial charge in [0.2, 0.25) is 0 Å². The van der Waals surface area contributed by atoms with Crippen LogP contribution in [0.3, 0.4) is 0 Å². The maximum absolute atomic E-state index is 5.73. The van der Waals surface area contributed by atoms with Crippen LogP contribution in [0.4, 0.5) is 0 Å². The fraction of sp³-hybridized carbons (Fsp3) is 1.00. The Morgan fingerprint density at radius 1 is 1.37 bits per heavy atom. The van der Waals surface area contributed by atoms with E-state index in [1.165, 1.54) is 38.8 Å². The second kappa shape index (κ2) is 7.05. The molecule has 2 aliphatic rings. The summed E-state index contributed by atoms with van der Waals surface area (Å²) in [5, 5.41) is 3.67. The summed E-state index contributed by atoms with van der Waals surface area (Å²) in [6.07, 6.45) is 5.38. The second-order valence-corrected chi connectivity index (χ2v) is 7.14. The first-order valence-electron chi connectivity index (χ1n) is 8.14. The topological polar surface area (TPSA) is 24.5 Å². The molecule has 0 aromatic carbocycles. The van der Waals surface area contributed by atoms with E-state index in [1.54, 1.807) is 0 Å². The van der Waals surface area contributed by atoms with Gasteiger partial charge in [-0.15, -0.1) is 0 Å². The Morgan fingerprint density at radius 3 is 2.84 bits per heavy atom. The molecule has 0 aliphatic carbocycles. The summed E-state index contributed by atoms with van der Waals surface area (Å²) in [5.74, 6) is 0.730. The lowest BCUT2D eigenvalue weighted by molar-refractivity contribution is 0.0713. The van der Waals surface area contributed by atoms with E-state index in [0.29, 0.717) is 5.41 Å². The number of ether oxygens (including phenoxy) is 1. The van der Waals surface area contributed by atoms with Crippen LogP contribution in [0.5, 0.6) is 0 Å². The molecule has 112 valence electrons. The van der Waals surface area contributed by atoms with Gasteiger partial charge in [0.15, 0.2) is 0 Å². The molecule has 2 saturated heterocycles. The smallest absolute Gasteiger partial charge is 0.0547 e. The normalized spacial score (nSPS) is 33.2. The summed E-state index contributed by atoms with van der Waals surface area (Å²) in [6.45, 7) is 13.6. The zero-order valence-corrected chi connectivity index (χ0v) is 13.1. The lowest BCUT2D eigenvalue weighted by atomic mass is 9.85. The average molecular weight is 268 g/mol. The molecule has 0 aromatic heterocycles. The lowest BCUT2D eigenvalue weighted by Crippen LogP contribution is -2.49. The SMILES string of the molecule is CC(C)CNCC1(CN2CCCCC2C)CCOC1. The highest BCUT2D eigenvalue weighted by atomic mass is 16.5. The van der Waals surface area contributed by atoms with Gasteiger partial charge in [-0.25, -0.2) is 0 Å². The van der Waals surface area contributed by atoms with Crippen molar-refractivity contribution in [2.45, 2.75) is 52.5 Å². The van der Waals surface area contributed by atoms with Crippen LogP contribution in [0.25, 0.3) is 0 Å². The molecule has 1 N–H and O–H groups in total. The van der Waals surface area contributed by atoms with Crippen LogP contribution in [0.1, 0.15) is 46.5 Å². The van der Waals surface area contributed by atoms with Crippen molar-refractivity contribution in [1.82, 2.24) is 10.2 Å². The minimum atomic E-state index is 0.362. The molecule has 0 spiro atoms. The maximum Gasteiger partial charge on any atom is 0.0547 e. The Hall–Kier alpha value is -0.120. The van der Waals surface area contributed by atoms with Crippen molar-refractivity contribution in [3.05, 3.63) is 0 Å². The fourth-order valence-corrected chi connectivity index (χ4v) is 3.42. The quantitative estimate of drug-likeness (QED) is 0.801. The summed E-state index contributed by atoms with van der Waals surface area (Å²) < 4.78 is 5.73. The van der Waals surface area contributed by atoms with Gasteiger partial charge in [-0.2, -0.15) is 0 Å². The van der Waals surface area contributed by atoms with E-state index in [0.717, 1.165) is 38.3 Å². The van der Waals surface area contributed by atoms with Gasteiger partial charge in [-0.1, -0.05) is 20.3 Å². The van der Waals surface area contributed by atoms with E-state index in [2.05, 4.69) is 31.0 Å². The van der Waals surface area contributed by atoms with E-state index in [4.69, 9.17) is 4.74 Å². The number of hydrogen-bond donors (Lipinski definition) is 1. The number of nitrogens with zero attached hydrogens (tertiary/aromatic N) is 1. The zero-order valence-electron chi connectivity index (χ0n) is 13.1. The minimum Gasteiger partial charge on any atom is -0.381 e. The van der Waals surface area contributed by atoms with E-state index in [9.17, 15) is 0 Å². The van der Waals surface area contributed by atoms with E-state index in [-0.39, 0.29) is 0 Å². The van der Waals surface area contributed by atoms with Crippen LogP contribution < -0.4 is 5.32 Å². The molecule has 0 radical (unpaired) electrons. The molecule has 2 unspecified atom stereocenters. The fourth-order valence-electron chi connectivity index (χ4n) is 3.42. The summed E-state index contributed by atoms with van der Waals surface area (Å²) in [7, 11) is 0. The Bertz CT molecular complexity index is 261. The van der Waals surface area contributed by atoms with Crippen molar-refractivity contribution < 1.29 is 4.74 Å². The number of likely N-dealkylation sites (tertiary alicyclic amines) is 1. The molecule has 3 nitrogen and oxygen atoms in total. The highest BCUT2D eigenvalue weighted by Gasteiger charge is 2.37. The van der Waals surface area contributed by atoms with Crippen molar-refractivity contribution in [3.63, 3.8) is 0 Å². The number of piperidine rings is 1. The third kappa shape index (κ3) is 4.44. The molecule has 0 amide bonds. The number of hydrogen-bond acceptors (Lipinski definition) is 3. The van der Waals surface area contributed by atoms with Gasteiger partial charge in [0.05, 0.1) is 6.61 Å². The highest BCUT2D eigenvalue weighted by Crippen LogP contribution is 2.31. The van der Waals surface area contributed by atoms with Gasteiger partial charge < -0.3 is 10.1 Å². The molecule has 2 atom stereocenters. The number of rotatable bonds is 6. The van der Waals surface area contributed by atoms with Crippen LogP contribution in [0.15, 0.2) is 0 Å². The molecule has 0 bridgehead atoms. The monoisotopic (exact) mass is 268 g/mol. The maximum atomic E-state index is 5.73. The first-order chi connectivity index (χ1) is 9.11. The Labute approximate surface area is 119 Å². The summed E-state index contributed by atoms with van der Waals surface area (Å²) >= 11 is 0. The van der Waals surface area contributed by atoms with Gasteiger partial charge in [0, 0.05) is 31.2 Å². The average Bonchev–Trinajstić information content (AvgIpc) is 2.81. The standard InChI is InChI=1S/C16H32N2O/c1-14(2)10-17-11-16(7-9-19-13-16)12-18-8-5-4-6-15(18)3/h14-15,17H,4-13H2,1-3H3. The molecule has 19 heavy (non-hydrogen) atoms. The van der Waals surface area contributed by atoms with Gasteiger partial charge >= 0.3 is 0 Å². The molecule has 2 aliphatic heterocycles. The van der Waals surface area contributed by atoms with Crippen molar-refractivity contribution in [3.8, 4) is 0 Å². The molecular weight excluding hydrogens is 236 g/mol. The first-order valence-corrected chi connectivity index (χ1v) is 8.14. The largest absolute Gasteiger partial charge is 0.381 e.